The Morgan fingerprint density at radius 1 is 1.38 bits per heavy atom. The van der Waals surface area contributed by atoms with E-state index in [1.54, 1.807) is 18.2 Å². The third-order valence-electron chi connectivity index (χ3n) is 6.04. The second kappa shape index (κ2) is 8.12. The fourth-order valence-electron chi connectivity index (χ4n) is 4.61. The molecule has 0 unspecified atom stereocenters. The third-order valence-corrected chi connectivity index (χ3v) is 6.04. The summed E-state index contributed by atoms with van der Waals surface area (Å²) >= 11 is 0. The molecule has 0 amide bonds. The number of benzene rings is 1. The van der Waals surface area contributed by atoms with Crippen LogP contribution in [0.5, 0.6) is 5.88 Å². The molecule has 34 heavy (non-hydrogen) atoms. The number of nitrogens with two attached hydrogens (primary N) is 1. The smallest absolute Gasteiger partial charge is 0.267 e. The lowest BCUT2D eigenvalue weighted by atomic mass is 9.84. The first kappa shape index (κ1) is 19.0. The number of nitrogens with zero attached hydrogens (tertiary/aromatic N) is 7. The summed E-state index contributed by atoms with van der Waals surface area (Å²) in [5.41, 5.74) is 8.31. The SMILES string of the molecule is [2H]C([2H])([2H])N1CC[C@H](c2cn3nc(N)nc(OC)c3c2-c2ccc3nnn(C[C@H](C)F)c3c2)C(F)(F)C1. The molecule has 180 valence electrons. The molecule has 0 radical (unpaired) electrons. The van der Waals surface area contributed by atoms with E-state index in [-0.39, 0.29) is 36.9 Å². The summed E-state index contributed by atoms with van der Waals surface area (Å²) in [7, 11) is 1.38. The Morgan fingerprint density at radius 2 is 2.21 bits per heavy atom. The predicted molar refractivity (Wildman–Crippen MR) is 121 cm³/mol. The number of hydrogen-bond donors (Lipinski definition) is 1. The van der Waals surface area contributed by atoms with Crippen LogP contribution in [0.1, 0.15) is 28.9 Å². The summed E-state index contributed by atoms with van der Waals surface area (Å²) in [6.45, 7) is -2.22. The number of likely N-dealkylation sites (tertiary alicyclic amines) is 1. The van der Waals surface area contributed by atoms with Crippen LogP contribution in [0.15, 0.2) is 24.4 Å². The summed E-state index contributed by atoms with van der Waals surface area (Å²) in [5, 5.41) is 12.2. The van der Waals surface area contributed by atoms with Gasteiger partial charge in [-0.25, -0.2) is 22.4 Å². The van der Waals surface area contributed by atoms with Crippen molar-refractivity contribution in [2.75, 3.05) is 32.9 Å². The van der Waals surface area contributed by atoms with E-state index in [4.69, 9.17) is 14.6 Å². The molecule has 1 fully saturated rings. The Bertz CT molecular complexity index is 1470. The molecule has 4 aromatic rings. The molecule has 3 aromatic heterocycles. The van der Waals surface area contributed by atoms with Crippen LogP contribution in [-0.2, 0) is 6.54 Å². The Morgan fingerprint density at radius 3 is 2.91 bits per heavy atom. The molecule has 2 N–H and O–H groups in total. The maximum atomic E-state index is 15.6. The van der Waals surface area contributed by atoms with Gasteiger partial charge < -0.3 is 15.4 Å². The molecule has 1 saturated heterocycles. The zero-order valence-corrected chi connectivity index (χ0v) is 18.5. The Kier molecular flexibility index (Phi) is 4.52. The van der Waals surface area contributed by atoms with Crippen molar-refractivity contribution in [3.63, 3.8) is 0 Å². The van der Waals surface area contributed by atoms with Crippen LogP contribution in [0, 0.1) is 0 Å². The van der Waals surface area contributed by atoms with Crippen LogP contribution < -0.4 is 10.5 Å². The van der Waals surface area contributed by atoms with Gasteiger partial charge in [-0.05, 0) is 50.1 Å². The Labute approximate surface area is 197 Å². The number of piperidine rings is 1. The minimum atomic E-state index is -3.37. The highest BCUT2D eigenvalue weighted by Gasteiger charge is 2.46. The van der Waals surface area contributed by atoms with Crippen molar-refractivity contribution in [3.8, 4) is 17.0 Å². The number of hydrogen-bond acceptors (Lipinski definition) is 7. The first-order valence-electron chi connectivity index (χ1n) is 12.2. The Hall–Kier alpha value is -3.41. The number of fused-ring (bicyclic) bond motifs is 2. The highest BCUT2D eigenvalue weighted by Crippen LogP contribution is 2.47. The Balaban J connectivity index is 1.72. The van der Waals surface area contributed by atoms with E-state index < -0.39 is 31.5 Å². The molecule has 0 bridgehead atoms. The van der Waals surface area contributed by atoms with Crippen molar-refractivity contribution in [3.05, 3.63) is 30.0 Å². The minimum Gasteiger partial charge on any atom is -0.479 e. The van der Waals surface area contributed by atoms with Gasteiger partial charge in [-0.1, -0.05) is 11.3 Å². The van der Waals surface area contributed by atoms with E-state index in [0.717, 1.165) is 4.90 Å². The van der Waals surface area contributed by atoms with Gasteiger partial charge in [0.1, 0.15) is 17.2 Å². The average molecular weight is 478 g/mol. The van der Waals surface area contributed by atoms with Crippen molar-refractivity contribution in [1.29, 1.82) is 0 Å². The molecule has 1 aliphatic rings. The zero-order chi connectivity index (χ0) is 26.7. The second-order valence-electron chi connectivity index (χ2n) is 8.51. The van der Waals surface area contributed by atoms with Crippen LogP contribution in [0.25, 0.3) is 27.7 Å². The molecular weight excluding hydrogens is 449 g/mol. The van der Waals surface area contributed by atoms with Gasteiger partial charge in [0.25, 0.3) is 5.92 Å². The summed E-state index contributed by atoms with van der Waals surface area (Å²) < 4.78 is 75.8. The van der Waals surface area contributed by atoms with Gasteiger partial charge >= 0.3 is 0 Å². The molecule has 0 aliphatic carbocycles. The van der Waals surface area contributed by atoms with Gasteiger partial charge in [0, 0.05) is 15.9 Å². The third kappa shape index (κ3) is 3.71. The van der Waals surface area contributed by atoms with Crippen LogP contribution in [0.2, 0.25) is 0 Å². The predicted octanol–water partition coefficient (Wildman–Crippen LogP) is 3.14. The van der Waals surface area contributed by atoms with Gasteiger partial charge in [-0.15, -0.1) is 10.2 Å². The molecule has 1 aromatic carbocycles. The molecule has 0 saturated carbocycles. The number of rotatable bonds is 5. The molecule has 9 nitrogen and oxygen atoms in total. The molecule has 12 heteroatoms. The van der Waals surface area contributed by atoms with Gasteiger partial charge in [0.05, 0.1) is 31.6 Å². The van der Waals surface area contributed by atoms with Crippen LogP contribution in [0.3, 0.4) is 0 Å². The first-order valence-corrected chi connectivity index (χ1v) is 10.7. The summed E-state index contributed by atoms with van der Waals surface area (Å²) in [6.07, 6.45) is 0.165. The first-order chi connectivity index (χ1) is 17.4. The normalized spacial score (nSPS) is 21.3. The number of nitrogen functional groups attached to an aromatic ring is 1. The van der Waals surface area contributed by atoms with Crippen molar-refractivity contribution in [1.82, 2.24) is 34.5 Å². The highest BCUT2D eigenvalue weighted by molar-refractivity contribution is 5.91. The fourth-order valence-corrected chi connectivity index (χ4v) is 4.61. The van der Waals surface area contributed by atoms with E-state index in [2.05, 4.69) is 20.4 Å². The maximum absolute atomic E-state index is 15.6. The van der Waals surface area contributed by atoms with Crippen LogP contribution >= 0.6 is 0 Å². The van der Waals surface area contributed by atoms with Crippen LogP contribution in [-0.4, -0.2) is 73.8 Å². The minimum absolute atomic E-state index is 0.0298. The lowest BCUT2D eigenvalue weighted by Crippen LogP contribution is -2.45. The monoisotopic (exact) mass is 477 g/mol. The van der Waals surface area contributed by atoms with Gasteiger partial charge in [0.15, 0.2) is 0 Å². The van der Waals surface area contributed by atoms with Gasteiger partial charge in [0.2, 0.25) is 11.8 Å². The van der Waals surface area contributed by atoms with Crippen molar-refractivity contribution in [2.45, 2.75) is 37.9 Å². The molecule has 2 atom stereocenters. The van der Waals surface area contributed by atoms with Crippen LogP contribution in [0.4, 0.5) is 19.1 Å². The van der Waals surface area contributed by atoms with E-state index >= 15 is 8.78 Å². The molecule has 4 heterocycles. The number of alkyl halides is 3. The van der Waals surface area contributed by atoms with E-state index in [1.807, 2.05) is 0 Å². The van der Waals surface area contributed by atoms with Crippen molar-refractivity contribution in [2.24, 2.45) is 0 Å². The highest BCUT2D eigenvalue weighted by atomic mass is 19.3. The molecule has 1 aliphatic heterocycles. The second-order valence-corrected chi connectivity index (χ2v) is 8.51. The van der Waals surface area contributed by atoms with E-state index in [9.17, 15) is 4.39 Å². The topological polar surface area (TPSA) is 99.4 Å². The standard InChI is InChI=1S/C22H25F3N8O/c1-12(23)9-32-17-8-13(4-5-16(17)28-30-32)18-14(15-6-7-31(2)11-22(15,24)25)10-33-19(18)20(34-3)27-21(26)29-33/h4-5,8,10,12,15H,6-7,9,11H2,1-3H3,(H2,26,29)/t12-,15+/m0/s1/i2D3. The van der Waals surface area contributed by atoms with Crippen molar-refractivity contribution < 1.29 is 22.0 Å². The number of methoxy groups -OCH3 is 1. The number of aromatic nitrogens is 6. The van der Waals surface area contributed by atoms with Crippen molar-refractivity contribution >= 4 is 22.5 Å². The average Bonchev–Trinajstić information content (AvgIpc) is 3.37. The fraction of sp³-hybridized carbons (Fsp3) is 0.455. The van der Waals surface area contributed by atoms with E-state index in [1.165, 1.54) is 29.4 Å². The largest absolute Gasteiger partial charge is 0.479 e. The molecule has 0 spiro atoms. The summed E-state index contributed by atoms with van der Waals surface area (Å²) in [5.74, 6) is -4.72. The number of halogens is 3. The zero-order valence-electron chi connectivity index (χ0n) is 21.5. The maximum Gasteiger partial charge on any atom is 0.267 e. The summed E-state index contributed by atoms with van der Waals surface area (Å²) in [4.78, 5) is 4.94. The van der Waals surface area contributed by atoms with Gasteiger partial charge in [-0.2, -0.15) is 4.98 Å². The number of ether oxygens (including phenoxy) is 1. The molecule has 5 rings (SSSR count). The lowest BCUT2D eigenvalue weighted by Gasteiger charge is -2.36. The summed E-state index contributed by atoms with van der Waals surface area (Å²) in [6, 6.07) is 5.07. The quantitative estimate of drug-likeness (QED) is 0.471. The van der Waals surface area contributed by atoms with E-state index in [0.29, 0.717) is 27.7 Å². The van der Waals surface area contributed by atoms with Gasteiger partial charge in [-0.3, -0.25) is 0 Å². The lowest BCUT2D eigenvalue weighted by molar-refractivity contribution is -0.0764. The molecular formula is C22H25F3N8O. The number of anilines is 1.